The summed E-state index contributed by atoms with van der Waals surface area (Å²) in [5.74, 6) is -0.797. The second-order valence-electron chi connectivity index (χ2n) is 11.5. The summed E-state index contributed by atoms with van der Waals surface area (Å²) in [6, 6.07) is 0. The summed E-state index contributed by atoms with van der Waals surface area (Å²) < 4.78 is 10.2. The molecule has 0 aromatic carbocycles. The maximum atomic E-state index is 11.4. The summed E-state index contributed by atoms with van der Waals surface area (Å²) in [6.45, 7) is 7.54. The van der Waals surface area contributed by atoms with E-state index in [9.17, 15) is 14.4 Å². The molecule has 0 saturated heterocycles. The van der Waals surface area contributed by atoms with Gasteiger partial charge >= 0.3 is 17.9 Å². The zero-order chi connectivity index (χ0) is 31.4. The lowest BCUT2D eigenvalue weighted by atomic mass is 10.1. The second kappa shape index (κ2) is 43.2. The van der Waals surface area contributed by atoms with E-state index < -0.39 is 5.97 Å². The number of carboxylic acids is 1. The molecule has 0 aliphatic heterocycles. The quantitative estimate of drug-likeness (QED) is 0.0453. The van der Waals surface area contributed by atoms with Crippen LogP contribution in [0.25, 0.3) is 0 Å². The Morgan fingerprint density at radius 1 is 0.477 bits per heavy atom. The summed E-state index contributed by atoms with van der Waals surface area (Å²) in [5.41, 5.74) is 0. The van der Waals surface area contributed by atoms with E-state index in [1.807, 2.05) is 0 Å². The van der Waals surface area contributed by atoms with E-state index in [0.29, 0.717) is 32.5 Å². The Kier molecular flexibility index (Phi) is 48.1. The van der Waals surface area contributed by atoms with Crippen molar-refractivity contribution < 1.29 is 34.4 Å². The molecule has 0 saturated carbocycles. The molecule has 0 aromatic rings. The molecular formula is C36H73NO7. The van der Waals surface area contributed by atoms with Crippen LogP contribution >= 0.6 is 0 Å². The van der Waals surface area contributed by atoms with E-state index in [2.05, 4.69) is 32.9 Å². The van der Waals surface area contributed by atoms with Gasteiger partial charge in [-0.1, -0.05) is 123 Å². The van der Waals surface area contributed by atoms with Crippen molar-refractivity contribution >= 4 is 17.9 Å². The smallest absolute Gasteiger partial charge is 0.305 e. The molecule has 0 amide bonds. The normalized spacial score (nSPS) is 10.3. The number of carbonyl (C=O) groups excluding carboxylic acids is 2. The summed E-state index contributed by atoms with van der Waals surface area (Å²) in [4.78, 5) is 33.0. The molecule has 0 fully saturated rings. The van der Waals surface area contributed by atoms with Gasteiger partial charge in [-0.25, -0.2) is 0 Å². The molecule has 264 valence electrons. The van der Waals surface area contributed by atoms with Crippen LogP contribution in [0.15, 0.2) is 12.2 Å². The predicted octanol–water partition coefficient (Wildman–Crippen LogP) is 11.1. The van der Waals surface area contributed by atoms with Crippen LogP contribution in [0, 0.1) is 0 Å². The minimum atomic E-state index is -0.664. The molecule has 0 heterocycles. The van der Waals surface area contributed by atoms with Gasteiger partial charge in [0.2, 0.25) is 0 Å². The molecule has 0 aliphatic rings. The maximum Gasteiger partial charge on any atom is 0.305 e. The van der Waals surface area contributed by atoms with Crippen molar-refractivity contribution in [2.75, 3.05) is 13.2 Å². The Labute approximate surface area is 271 Å². The largest absolute Gasteiger partial charge is 0.870 e. The summed E-state index contributed by atoms with van der Waals surface area (Å²) in [7, 11) is 0. The highest BCUT2D eigenvalue weighted by Gasteiger charge is 2.04. The highest BCUT2D eigenvalue weighted by atomic mass is 16.5. The summed E-state index contributed by atoms with van der Waals surface area (Å²) in [6.07, 6.45) is 32.5. The number of allylic oxidation sites excluding steroid dienone is 2. The third-order valence-corrected chi connectivity index (χ3v) is 7.19. The van der Waals surface area contributed by atoms with Crippen LogP contribution in [0.1, 0.15) is 188 Å². The molecule has 8 nitrogen and oxygen atoms in total. The monoisotopic (exact) mass is 632 g/mol. The van der Waals surface area contributed by atoms with E-state index in [-0.39, 0.29) is 23.6 Å². The highest BCUT2D eigenvalue weighted by Crippen LogP contribution is 2.11. The van der Waals surface area contributed by atoms with Crippen LogP contribution in [0.2, 0.25) is 0 Å². The van der Waals surface area contributed by atoms with Gasteiger partial charge in [0.1, 0.15) is 0 Å². The van der Waals surface area contributed by atoms with Crippen molar-refractivity contribution in [3.63, 3.8) is 0 Å². The molecule has 0 aromatic heterocycles. The van der Waals surface area contributed by atoms with Gasteiger partial charge in [-0.3, -0.25) is 14.4 Å². The van der Waals surface area contributed by atoms with Crippen LogP contribution < -0.4 is 6.15 Å². The van der Waals surface area contributed by atoms with E-state index in [0.717, 1.165) is 77.0 Å². The van der Waals surface area contributed by atoms with Crippen LogP contribution in [0.3, 0.4) is 0 Å². The zero-order valence-electron chi connectivity index (χ0n) is 29.4. The average Bonchev–Trinajstić information content (AvgIpc) is 2.97. The number of aliphatic carboxylic acids is 1. The van der Waals surface area contributed by atoms with Crippen molar-refractivity contribution in [3.05, 3.63) is 12.2 Å². The Bertz CT molecular complexity index is 598. The molecule has 0 unspecified atom stereocenters. The Morgan fingerprint density at radius 3 is 1.16 bits per heavy atom. The van der Waals surface area contributed by atoms with Crippen molar-refractivity contribution in [1.82, 2.24) is 6.15 Å². The fourth-order valence-corrected chi connectivity index (χ4v) is 4.40. The number of ether oxygens (including phenoxy) is 2. The third kappa shape index (κ3) is 47.0. The van der Waals surface area contributed by atoms with Gasteiger partial charge in [0, 0.05) is 19.3 Å². The lowest BCUT2D eigenvalue weighted by Crippen LogP contribution is -2.05. The second-order valence-corrected chi connectivity index (χ2v) is 11.5. The van der Waals surface area contributed by atoms with Crippen molar-refractivity contribution in [3.8, 4) is 0 Å². The standard InChI is InChI=1S/C18H34O4.C18H34O2.H3N.H2O/c1-3-5-15-21-17(19)13-11-9-7-8-10-12-14-18(20)22-16-6-4-2;1-2-3-4-5-6-7-8-9-10-11-12-13-14-15-16-17-18(19)20;;/h3-16H2,1-2H3;9-10H,2-8,11-17H2,1H3,(H,19,20);1H3;1H2/b;10-9-;;. The number of rotatable bonds is 30. The van der Waals surface area contributed by atoms with Crippen molar-refractivity contribution in [2.24, 2.45) is 0 Å². The van der Waals surface area contributed by atoms with Gasteiger partial charge in [-0.05, 0) is 57.8 Å². The maximum absolute atomic E-state index is 11.4. The molecule has 0 atom stereocenters. The first kappa shape index (κ1) is 49.0. The minimum absolute atomic E-state index is 0. The Hall–Kier alpha value is -1.93. The Morgan fingerprint density at radius 2 is 0.795 bits per heavy atom. The number of esters is 2. The molecule has 0 spiro atoms. The molecule has 0 aliphatic carbocycles. The van der Waals surface area contributed by atoms with Gasteiger partial charge in [0.05, 0.1) is 13.2 Å². The van der Waals surface area contributed by atoms with Crippen molar-refractivity contribution in [2.45, 2.75) is 188 Å². The molecule has 8 heteroatoms. The van der Waals surface area contributed by atoms with Gasteiger partial charge in [0.25, 0.3) is 0 Å². The van der Waals surface area contributed by atoms with E-state index in [1.165, 1.54) is 70.6 Å². The number of unbranched alkanes of at least 4 members (excludes halogenated alkanes) is 18. The van der Waals surface area contributed by atoms with E-state index in [4.69, 9.17) is 14.6 Å². The first-order valence-electron chi connectivity index (χ1n) is 17.7. The first-order chi connectivity index (χ1) is 20.5. The summed E-state index contributed by atoms with van der Waals surface area (Å²) in [5, 5.41) is 8.51. The number of quaternary nitrogens is 1. The van der Waals surface area contributed by atoms with Crippen molar-refractivity contribution in [1.29, 1.82) is 0 Å². The topological polar surface area (TPSA) is 156 Å². The van der Waals surface area contributed by atoms with Crippen LogP contribution in [0.4, 0.5) is 0 Å². The number of carboxylic acid groups (broad SMARTS) is 1. The number of hydrogen-bond donors (Lipinski definition) is 2. The van der Waals surface area contributed by atoms with Crippen LogP contribution in [-0.4, -0.2) is 41.7 Å². The average molecular weight is 632 g/mol. The van der Waals surface area contributed by atoms with Gasteiger partial charge < -0.3 is 26.2 Å². The lowest BCUT2D eigenvalue weighted by molar-refractivity contribution is -0.144. The zero-order valence-corrected chi connectivity index (χ0v) is 29.4. The third-order valence-electron chi connectivity index (χ3n) is 7.19. The molecule has 0 bridgehead atoms. The molecule has 0 radical (unpaired) electrons. The fourth-order valence-electron chi connectivity index (χ4n) is 4.40. The molecule has 44 heavy (non-hydrogen) atoms. The molecule has 6 N–H and O–H groups in total. The van der Waals surface area contributed by atoms with Crippen LogP contribution in [-0.2, 0) is 23.9 Å². The fraction of sp³-hybridized carbons (Fsp3) is 0.861. The predicted molar refractivity (Wildman–Crippen MR) is 184 cm³/mol. The van der Waals surface area contributed by atoms with E-state index in [1.54, 1.807) is 0 Å². The van der Waals surface area contributed by atoms with Gasteiger partial charge in [-0.15, -0.1) is 0 Å². The summed E-state index contributed by atoms with van der Waals surface area (Å²) >= 11 is 0. The van der Waals surface area contributed by atoms with Crippen LogP contribution in [0.5, 0.6) is 0 Å². The minimum Gasteiger partial charge on any atom is -0.870 e. The number of hydrogen-bond acceptors (Lipinski definition) is 6. The van der Waals surface area contributed by atoms with Gasteiger partial charge in [-0.2, -0.15) is 0 Å². The molecule has 0 rings (SSSR count). The van der Waals surface area contributed by atoms with Gasteiger partial charge in [0.15, 0.2) is 0 Å². The Balaban J connectivity index is -0.000000349. The molecular weight excluding hydrogens is 558 g/mol. The first-order valence-corrected chi connectivity index (χ1v) is 17.7. The number of carbonyl (C=O) groups is 3. The highest BCUT2D eigenvalue weighted by molar-refractivity contribution is 5.69. The lowest BCUT2D eigenvalue weighted by Gasteiger charge is -2.05. The SMILES string of the molecule is CCCCCCCC/C=C\CCCCCCCC(=O)O.CCCCOC(=O)CCCCCCCCC(=O)OCCCC.[NH4+].[OH-]. The van der Waals surface area contributed by atoms with E-state index >= 15 is 0 Å².